The number of nitrogens with zero attached hydrogens (tertiary/aromatic N) is 1. The zero-order valence-corrected chi connectivity index (χ0v) is 16.6. The van der Waals surface area contributed by atoms with Gasteiger partial charge in [-0.2, -0.15) is 0 Å². The van der Waals surface area contributed by atoms with Crippen LogP contribution in [0.25, 0.3) is 0 Å². The largest absolute Gasteiger partial charge is 0.472 e. The van der Waals surface area contributed by atoms with Crippen LogP contribution in [0, 0.1) is 17.8 Å². The average Bonchev–Trinajstić information content (AvgIpc) is 3.21. The SMILES string of the molecule is O=C(N[C@H]1C[C@H]2CN(C3CCOCC3)C[C@H]2C[C@@H]1OCC1CC1)c1ccoc1. The summed E-state index contributed by atoms with van der Waals surface area (Å²) in [6, 6.07) is 2.49. The fraction of sp³-hybridized carbons (Fsp3) is 0.773. The molecule has 1 amide bonds. The van der Waals surface area contributed by atoms with Crippen molar-refractivity contribution in [1.29, 1.82) is 0 Å². The summed E-state index contributed by atoms with van der Waals surface area (Å²) in [6.45, 7) is 4.98. The van der Waals surface area contributed by atoms with E-state index >= 15 is 0 Å². The van der Waals surface area contributed by atoms with Gasteiger partial charge in [-0.25, -0.2) is 0 Å². The summed E-state index contributed by atoms with van der Waals surface area (Å²) in [5.41, 5.74) is 0.596. The number of nitrogens with one attached hydrogen (secondary N) is 1. The van der Waals surface area contributed by atoms with Crippen molar-refractivity contribution in [2.45, 2.75) is 56.7 Å². The van der Waals surface area contributed by atoms with Crippen LogP contribution in [0.4, 0.5) is 0 Å². The average molecular weight is 389 g/mol. The predicted octanol–water partition coefficient (Wildman–Crippen LogP) is 2.69. The Hall–Kier alpha value is -1.37. The second-order valence-corrected chi connectivity index (χ2v) is 9.20. The maximum atomic E-state index is 12.6. The fourth-order valence-electron chi connectivity index (χ4n) is 5.32. The number of amides is 1. The Labute approximate surface area is 166 Å². The number of fused-ring (bicyclic) bond motifs is 1. The van der Waals surface area contributed by atoms with Crippen molar-refractivity contribution in [2.75, 3.05) is 32.9 Å². The van der Waals surface area contributed by atoms with E-state index in [0.717, 1.165) is 58.0 Å². The van der Waals surface area contributed by atoms with Gasteiger partial charge in [-0.3, -0.25) is 9.69 Å². The summed E-state index contributed by atoms with van der Waals surface area (Å²) < 4.78 is 17.0. The summed E-state index contributed by atoms with van der Waals surface area (Å²) in [6.07, 6.45) is 10.2. The number of hydrogen-bond donors (Lipinski definition) is 1. The summed E-state index contributed by atoms with van der Waals surface area (Å²) >= 11 is 0. The first-order valence-corrected chi connectivity index (χ1v) is 11.0. The number of ether oxygens (including phenoxy) is 2. The molecule has 6 heteroatoms. The van der Waals surface area contributed by atoms with E-state index in [-0.39, 0.29) is 18.1 Å². The Morgan fingerprint density at radius 3 is 2.64 bits per heavy atom. The summed E-state index contributed by atoms with van der Waals surface area (Å²) in [5.74, 6) is 2.04. The van der Waals surface area contributed by atoms with E-state index in [9.17, 15) is 4.79 Å². The number of likely N-dealkylation sites (tertiary alicyclic amines) is 1. The van der Waals surface area contributed by atoms with Crippen LogP contribution in [0.2, 0.25) is 0 Å². The number of hydrogen-bond acceptors (Lipinski definition) is 5. The topological polar surface area (TPSA) is 63.9 Å². The maximum absolute atomic E-state index is 12.6. The second kappa shape index (κ2) is 8.17. The van der Waals surface area contributed by atoms with Crippen molar-refractivity contribution in [1.82, 2.24) is 10.2 Å². The van der Waals surface area contributed by atoms with E-state index in [1.165, 1.54) is 25.6 Å². The Morgan fingerprint density at radius 2 is 1.93 bits per heavy atom. The highest BCUT2D eigenvalue weighted by atomic mass is 16.5. The standard InChI is InChI=1S/C22H32N2O4/c25-22(16-3-6-27-14-16)23-20-9-17-11-24(19-4-7-26-8-5-19)12-18(17)10-21(20)28-13-15-1-2-15/h3,6,14-15,17-21H,1-2,4-5,7-13H2,(H,23,25)/t17-,18+,20-,21-/m0/s1. The monoisotopic (exact) mass is 388 g/mol. The highest BCUT2D eigenvalue weighted by Gasteiger charge is 2.45. The Kier molecular flexibility index (Phi) is 5.44. The minimum absolute atomic E-state index is 0.0449. The van der Waals surface area contributed by atoms with Crippen LogP contribution in [0.1, 0.15) is 48.9 Å². The smallest absolute Gasteiger partial charge is 0.254 e. The van der Waals surface area contributed by atoms with Crippen molar-refractivity contribution in [2.24, 2.45) is 17.8 Å². The minimum Gasteiger partial charge on any atom is -0.472 e. The summed E-state index contributed by atoms with van der Waals surface area (Å²) in [4.78, 5) is 15.3. The van der Waals surface area contributed by atoms with Crippen LogP contribution in [-0.2, 0) is 9.47 Å². The van der Waals surface area contributed by atoms with Gasteiger partial charge < -0.3 is 19.2 Å². The molecule has 2 saturated carbocycles. The Bertz CT molecular complexity index is 654. The van der Waals surface area contributed by atoms with Gasteiger partial charge in [0.2, 0.25) is 0 Å². The maximum Gasteiger partial charge on any atom is 0.254 e. The van der Waals surface area contributed by atoms with E-state index in [0.29, 0.717) is 23.4 Å². The first kappa shape index (κ1) is 18.6. The highest BCUT2D eigenvalue weighted by molar-refractivity contribution is 5.94. The molecule has 4 fully saturated rings. The van der Waals surface area contributed by atoms with Gasteiger partial charge in [-0.15, -0.1) is 0 Å². The van der Waals surface area contributed by atoms with E-state index < -0.39 is 0 Å². The molecule has 2 aliphatic carbocycles. The molecular formula is C22H32N2O4. The van der Waals surface area contributed by atoms with Crippen LogP contribution in [0.15, 0.2) is 23.0 Å². The van der Waals surface area contributed by atoms with Crippen LogP contribution >= 0.6 is 0 Å². The molecule has 2 saturated heterocycles. The Morgan fingerprint density at radius 1 is 1.14 bits per heavy atom. The first-order chi connectivity index (χ1) is 13.8. The first-order valence-electron chi connectivity index (χ1n) is 11.0. The summed E-state index contributed by atoms with van der Waals surface area (Å²) in [5, 5.41) is 3.26. The molecule has 0 aromatic carbocycles. The normalized spacial score (nSPS) is 34.3. The van der Waals surface area contributed by atoms with Gasteiger partial charge in [0.05, 0.1) is 24.0 Å². The molecule has 28 heavy (non-hydrogen) atoms. The lowest BCUT2D eigenvalue weighted by Gasteiger charge is -2.38. The Balaban J connectivity index is 1.24. The van der Waals surface area contributed by atoms with Crippen molar-refractivity contribution in [3.05, 3.63) is 24.2 Å². The number of rotatable bonds is 6. The lowest BCUT2D eigenvalue weighted by molar-refractivity contribution is -0.0213. The van der Waals surface area contributed by atoms with Gasteiger partial charge in [0, 0.05) is 39.0 Å². The quantitative estimate of drug-likeness (QED) is 0.812. The molecule has 6 nitrogen and oxygen atoms in total. The molecule has 0 bridgehead atoms. The molecule has 1 N–H and O–H groups in total. The van der Waals surface area contributed by atoms with Crippen LogP contribution in [-0.4, -0.2) is 61.9 Å². The van der Waals surface area contributed by atoms with Crippen molar-refractivity contribution in [3.63, 3.8) is 0 Å². The molecule has 0 unspecified atom stereocenters. The molecule has 3 heterocycles. The summed E-state index contributed by atoms with van der Waals surface area (Å²) in [7, 11) is 0. The van der Waals surface area contributed by atoms with Crippen molar-refractivity contribution in [3.8, 4) is 0 Å². The molecule has 154 valence electrons. The van der Waals surface area contributed by atoms with Crippen LogP contribution in [0.5, 0.6) is 0 Å². The third-order valence-corrected chi connectivity index (χ3v) is 7.20. The molecule has 4 aliphatic rings. The van der Waals surface area contributed by atoms with Crippen LogP contribution < -0.4 is 5.32 Å². The molecule has 0 radical (unpaired) electrons. The molecule has 4 atom stereocenters. The zero-order chi connectivity index (χ0) is 18.9. The predicted molar refractivity (Wildman–Crippen MR) is 104 cm³/mol. The minimum atomic E-state index is -0.0449. The van der Waals surface area contributed by atoms with Gasteiger partial charge in [-0.05, 0) is 62.3 Å². The second-order valence-electron chi connectivity index (χ2n) is 9.20. The van der Waals surface area contributed by atoms with E-state index in [1.807, 2.05) is 0 Å². The third kappa shape index (κ3) is 4.14. The number of carbonyl (C=O) groups is 1. The van der Waals surface area contributed by atoms with Crippen molar-refractivity contribution < 1.29 is 18.7 Å². The van der Waals surface area contributed by atoms with Crippen LogP contribution in [0.3, 0.4) is 0 Å². The molecule has 1 aromatic heterocycles. The number of carbonyl (C=O) groups excluding carboxylic acids is 1. The third-order valence-electron chi connectivity index (χ3n) is 7.20. The molecular weight excluding hydrogens is 356 g/mol. The molecule has 0 spiro atoms. The van der Waals surface area contributed by atoms with E-state index in [2.05, 4.69) is 10.2 Å². The van der Waals surface area contributed by atoms with Gasteiger partial charge in [-0.1, -0.05) is 0 Å². The molecule has 2 aliphatic heterocycles. The van der Waals surface area contributed by atoms with E-state index in [1.54, 1.807) is 12.3 Å². The zero-order valence-electron chi connectivity index (χ0n) is 16.6. The lowest BCUT2D eigenvalue weighted by atomic mass is 9.77. The van der Waals surface area contributed by atoms with E-state index in [4.69, 9.17) is 13.9 Å². The number of furan rings is 1. The molecule has 5 rings (SSSR count). The lowest BCUT2D eigenvalue weighted by Crippen LogP contribution is -2.50. The molecule has 1 aromatic rings. The highest BCUT2D eigenvalue weighted by Crippen LogP contribution is 2.40. The van der Waals surface area contributed by atoms with Gasteiger partial charge in [0.25, 0.3) is 5.91 Å². The van der Waals surface area contributed by atoms with Gasteiger partial charge in [0.15, 0.2) is 0 Å². The van der Waals surface area contributed by atoms with Crippen molar-refractivity contribution >= 4 is 5.91 Å². The fourth-order valence-corrected chi connectivity index (χ4v) is 5.32. The van der Waals surface area contributed by atoms with Gasteiger partial charge >= 0.3 is 0 Å². The van der Waals surface area contributed by atoms with Gasteiger partial charge in [0.1, 0.15) is 6.26 Å².